The summed E-state index contributed by atoms with van der Waals surface area (Å²) in [6.45, 7) is 3.56. The average molecular weight is 436 g/mol. The minimum atomic E-state index is -0.118. The van der Waals surface area contributed by atoms with E-state index in [0.29, 0.717) is 23.2 Å². The summed E-state index contributed by atoms with van der Waals surface area (Å²) in [4.78, 5) is 23.5. The Hall–Kier alpha value is -3.12. The Morgan fingerprint density at radius 1 is 1.13 bits per heavy atom. The molecule has 160 valence electrons. The second kappa shape index (κ2) is 9.79. The van der Waals surface area contributed by atoms with Gasteiger partial charge in [0.1, 0.15) is 0 Å². The molecule has 2 unspecified atom stereocenters. The van der Waals surface area contributed by atoms with Crippen molar-refractivity contribution in [1.29, 1.82) is 0 Å². The van der Waals surface area contributed by atoms with Crippen molar-refractivity contribution in [3.05, 3.63) is 77.6 Å². The molecule has 0 spiro atoms. The van der Waals surface area contributed by atoms with Crippen LogP contribution in [0.2, 0.25) is 5.02 Å². The predicted octanol–water partition coefficient (Wildman–Crippen LogP) is 5.16. The number of anilines is 3. The molecule has 6 nitrogen and oxygen atoms in total. The van der Waals surface area contributed by atoms with E-state index in [1.165, 1.54) is 5.56 Å². The van der Waals surface area contributed by atoms with Crippen LogP contribution in [0.4, 0.5) is 17.3 Å². The minimum Gasteiger partial charge on any atom is -0.377 e. The normalized spacial score (nSPS) is 17.1. The lowest BCUT2D eigenvalue weighted by Crippen LogP contribution is -2.41. The predicted molar refractivity (Wildman–Crippen MR) is 126 cm³/mol. The van der Waals surface area contributed by atoms with Crippen LogP contribution >= 0.6 is 11.6 Å². The number of piperidine rings is 1. The number of carbonyl (C=O) groups is 1. The molecule has 1 saturated heterocycles. The molecule has 2 heterocycles. The highest BCUT2D eigenvalue weighted by molar-refractivity contribution is 6.33. The summed E-state index contributed by atoms with van der Waals surface area (Å²) in [6, 6.07) is 17.7. The van der Waals surface area contributed by atoms with Crippen LogP contribution in [0.3, 0.4) is 0 Å². The van der Waals surface area contributed by atoms with Gasteiger partial charge >= 0.3 is 0 Å². The van der Waals surface area contributed by atoms with Gasteiger partial charge in [-0.25, -0.2) is 9.97 Å². The molecule has 0 saturated carbocycles. The first kappa shape index (κ1) is 21.1. The Bertz CT molecular complexity index is 1010. The van der Waals surface area contributed by atoms with Gasteiger partial charge in [-0.1, -0.05) is 41.9 Å². The van der Waals surface area contributed by atoms with Crippen molar-refractivity contribution in [3.8, 4) is 0 Å². The number of carbonyl (C=O) groups excluding carboxylic acids is 1. The van der Waals surface area contributed by atoms with E-state index in [-0.39, 0.29) is 17.9 Å². The first-order valence-corrected chi connectivity index (χ1v) is 10.9. The maximum Gasteiger partial charge on any atom is 0.229 e. The van der Waals surface area contributed by atoms with Crippen molar-refractivity contribution in [2.45, 2.75) is 25.8 Å². The lowest BCUT2D eigenvalue weighted by molar-refractivity contribution is -0.120. The largest absolute Gasteiger partial charge is 0.377 e. The molecule has 1 fully saturated rings. The fourth-order valence-corrected chi connectivity index (χ4v) is 4.07. The smallest absolute Gasteiger partial charge is 0.229 e. The Balaban J connectivity index is 1.38. The third-order valence-electron chi connectivity index (χ3n) is 5.54. The van der Waals surface area contributed by atoms with E-state index in [2.05, 4.69) is 44.6 Å². The molecule has 0 radical (unpaired) electrons. The first-order valence-electron chi connectivity index (χ1n) is 10.5. The molecule has 3 aromatic rings. The zero-order valence-electron chi connectivity index (χ0n) is 17.5. The third-order valence-corrected chi connectivity index (χ3v) is 5.85. The fraction of sp³-hybridized carbons (Fsp3) is 0.292. The molecule has 2 atom stereocenters. The lowest BCUT2D eigenvalue weighted by atomic mass is 9.97. The van der Waals surface area contributed by atoms with Crippen LogP contribution < -0.4 is 15.5 Å². The third kappa shape index (κ3) is 5.33. The summed E-state index contributed by atoms with van der Waals surface area (Å²) in [5.41, 5.74) is 2.71. The molecule has 1 aliphatic rings. The summed E-state index contributed by atoms with van der Waals surface area (Å²) >= 11 is 6.49. The zero-order chi connectivity index (χ0) is 21.6. The van der Waals surface area contributed by atoms with Crippen LogP contribution in [0.5, 0.6) is 0 Å². The van der Waals surface area contributed by atoms with E-state index in [0.717, 1.165) is 25.1 Å². The molecule has 2 aromatic carbocycles. The Kier molecular flexibility index (Phi) is 6.67. The van der Waals surface area contributed by atoms with Crippen LogP contribution in [0, 0.1) is 5.92 Å². The quantitative estimate of drug-likeness (QED) is 0.559. The van der Waals surface area contributed by atoms with Crippen LogP contribution in [0.25, 0.3) is 0 Å². The van der Waals surface area contributed by atoms with Crippen molar-refractivity contribution in [1.82, 2.24) is 9.97 Å². The second-order valence-electron chi connectivity index (χ2n) is 7.79. The molecular formula is C24H26ClN5O. The van der Waals surface area contributed by atoms with Gasteiger partial charge in [0.05, 0.1) is 16.6 Å². The Morgan fingerprint density at radius 2 is 1.90 bits per heavy atom. The number of nitrogens with one attached hydrogen (secondary N) is 2. The molecule has 2 N–H and O–H groups in total. The summed E-state index contributed by atoms with van der Waals surface area (Å²) in [6.07, 6.45) is 5.22. The minimum absolute atomic E-state index is 0.00457. The van der Waals surface area contributed by atoms with E-state index in [4.69, 9.17) is 11.6 Å². The lowest BCUT2D eigenvalue weighted by Gasteiger charge is -2.31. The number of amides is 1. The molecule has 4 rings (SSSR count). The van der Waals surface area contributed by atoms with Crippen LogP contribution in [-0.2, 0) is 4.79 Å². The number of rotatable bonds is 6. The summed E-state index contributed by atoms with van der Waals surface area (Å²) in [5, 5.41) is 7.02. The zero-order valence-corrected chi connectivity index (χ0v) is 18.2. The van der Waals surface area contributed by atoms with Crippen molar-refractivity contribution in [3.63, 3.8) is 0 Å². The van der Waals surface area contributed by atoms with Gasteiger partial charge in [-0.3, -0.25) is 4.79 Å². The number of hydrogen-bond donors (Lipinski definition) is 2. The van der Waals surface area contributed by atoms with E-state index in [1.807, 2.05) is 30.3 Å². The van der Waals surface area contributed by atoms with E-state index >= 15 is 0 Å². The molecule has 7 heteroatoms. The van der Waals surface area contributed by atoms with Crippen molar-refractivity contribution < 1.29 is 4.79 Å². The van der Waals surface area contributed by atoms with E-state index in [9.17, 15) is 4.79 Å². The maximum absolute atomic E-state index is 12.9. The summed E-state index contributed by atoms with van der Waals surface area (Å²) in [7, 11) is 0. The summed E-state index contributed by atoms with van der Waals surface area (Å²) < 4.78 is 0. The molecule has 31 heavy (non-hydrogen) atoms. The standard InChI is InChI=1S/C24H26ClN5O/c1-17(18-7-3-2-4-8-18)28-22-11-10-20(15-21(22)25)29-23(31)19-9-5-14-30(16-19)24-26-12-6-13-27-24/h2-4,6-8,10-13,15,17,19,28H,5,9,14,16H2,1H3,(H,29,31). The maximum atomic E-state index is 12.9. The number of hydrogen-bond acceptors (Lipinski definition) is 5. The van der Waals surface area contributed by atoms with Gasteiger partial charge in [0.25, 0.3) is 0 Å². The first-order chi connectivity index (χ1) is 15.1. The molecule has 1 aliphatic heterocycles. The van der Waals surface area contributed by atoms with Gasteiger partial charge in [-0.2, -0.15) is 0 Å². The van der Waals surface area contributed by atoms with Crippen LogP contribution in [0.1, 0.15) is 31.4 Å². The van der Waals surface area contributed by atoms with Crippen molar-refractivity contribution in [2.75, 3.05) is 28.6 Å². The van der Waals surface area contributed by atoms with E-state index < -0.39 is 0 Å². The van der Waals surface area contributed by atoms with Gasteiger partial charge in [0.2, 0.25) is 11.9 Å². The number of halogens is 1. The highest BCUT2D eigenvalue weighted by Gasteiger charge is 2.27. The van der Waals surface area contributed by atoms with Crippen LogP contribution in [-0.4, -0.2) is 29.0 Å². The molecular weight excluding hydrogens is 410 g/mol. The Morgan fingerprint density at radius 3 is 2.65 bits per heavy atom. The topological polar surface area (TPSA) is 70.2 Å². The molecule has 1 amide bonds. The highest BCUT2D eigenvalue weighted by atomic mass is 35.5. The molecule has 0 bridgehead atoms. The number of aromatic nitrogens is 2. The van der Waals surface area contributed by atoms with Crippen LogP contribution in [0.15, 0.2) is 67.0 Å². The SMILES string of the molecule is CC(Nc1ccc(NC(=O)C2CCCN(c3ncccn3)C2)cc1Cl)c1ccccc1. The monoisotopic (exact) mass is 435 g/mol. The Labute approximate surface area is 187 Å². The van der Waals surface area contributed by atoms with Gasteiger partial charge in [-0.15, -0.1) is 0 Å². The van der Waals surface area contributed by atoms with Gasteiger partial charge in [-0.05, 0) is 49.6 Å². The molecule has 0 aliphatic carbocycles. The fourth-order valence-electron chi connectivity index (χ4n) is 3.84. The number of nitrogens with zero attached hydrogens (tertiary/aromatic N) is 3. The van der Waals surface area contributed by atoms with E-state index in [1.54, 1.807) is 24.5 Å². The van der Waals surface area contributed by atoms with Gasteiger partial charge in [0, 0.05) is 37.2 Å². The molecule has 1 aromatic heterocycles. The van der Waals surface area contributed by atoms with Crippen molar-refractivity contribution >= 4 is 34.8 Å². The average Bonchev–Trinajstić information content (AvgIpc) is 2.82. The van der Waals surface area contributed by atoms with Gasteiger partial charge < -0.3 is 15.5 Å². The van der Waals surface area contributed by atoms with Crippen molar-refractivity contribution in [2.24, 2.45) is 5.92 Å². The van der Waals surface area contributed by atoms with Gasteiger partial charge in [0.15, 0.2) is 0 Å². The highest BCUT2D eigenvalue weighted by Crippen LogP contribution is 2.29. The summed E-state index contributed by atoms with van der Waals surface area (Å²) in [5.74, 6) is 0.549. The second-order valence-corrected chi connectivity index (χ2v) is 8.20. The number of benzene rings is 2.